The van der Waals surface area contributed by atoms with Gasteiger partial charge in [0.2, 0.25) is 5.91 Å². The number of piperidine rings is 1. The SMILES string of the molecule is O=C(O)C1CCN(C(=O)C2(Cc3cccc(F)c3)CCC2)CC1. The molecule has 1 aromatic rings. The van der Waals surface area contributed by atoms with Crippen molar-refractivity contribution in [1.29, 1.82) is 0 Å². The maximum atomic E-state index is 13.4. The lowest BCUT2D eigenvalue weighted by Crippen LogP contribution is -2.51. The summed E-state index contributed by atoms with van der Waals surface area (Å²) < 4.78 is 13.4. The van der Waals surface area contributed by atoms with Crippen LogP contribution in [0.1, 0.15) is 37.7 Å². The number of carbonyl (C=O) groups excluding carboxylic acids is 1. The minimum absolute atomic E-state index is 0.122. The van der Waals surface area contributed by atoms with Crippen LogP contribution in [0.2, 0.25) is 0 Å². The van der Waals surface area contributed by atoms with E-state index in [1.54, 1.807) is 6.07 Å². The van der Waals surface area contributed by atoms with E-state index >= 15 is 0 Å². The fraction of sp³-hybridized carbons (Fsp3) is 0.556. The average molecular weight is 319 g/mol. The number of carboxylic acid groups (broad SMARTS) is 1. The number of hydrogen-bond acceptors (Lipinski definition) is 2. The van der Waals surface area contributed by atoms with Gasteiger partial charge in [-0.3, -0.25) is 9.59 Å². The zero-order chi connectivity index (χ0) is 16.4. The van der Waals surface area contributed by atoms with Gasteiger partial charge in [0.25, 0.3) is 0 Å². The molecule has 3 rings (SSSR count). The van der Waals surface area contributed by atoms with E-state index in [1.807, 2.05) is 11.0 Å². The molecular weight excluding hydrogens is 297 g/mol. The summed E-state index contributed by atoms with van der Waals surface area (Å²) in [6.07, 6.45) is 4.31. The molecule has 5 heteroatoms. The third kappa shape index (κ3) is 3.23. The number of nitrogens with zero attached hydrogens (tertiary/aromatic N) is 1. The van der Waals surface area contributed by atoms with Crippen molar-refractivity contribution >= 4 is 11.9 Å². The summed E-state index contributed by atoms with van der Waals surface area (Å²) in [4.78, 5) is 25.8. The number of halogens is 1. The van der Waals surface area contributed by atoms with E-state index in [0.29, 0.717) is 32.4 Å². The van der Waals surface area contributed by atoms with Crippen molar-refractivity contribution in [2.45, 2.75) is 38.5 Å². The van der Waals surface area contributed by atoms with Crippen LogP contribution < -0.4 is 0 Å². The first-order valence-corrected chi connectivity index (χ1v) is 8.27. The highest BCUT2D eigenvalue weighted by Gasteiger charge is 2.46. The van der Waals surface area contributed by atoms with Crippen LogP contribution in [0.3, 0.4) is 0 Å². The number of carboxylic acids is 1. The first-order chi connectivity index (χ1) is 11.0. The van der Waals surface area contributed by atoms with Gasteiger partial charge >= 0.3 is 5.97 Å². The maximum absolute atomic E-state index is 13.4. The molecule has 1 amide bonds. The highest BCUT2D eigenvalue weighted by molar-refractivity contribution is 5.84. The van der Waals surface area contributed by atoms with Gasteiger partial charge in [-0.05, 0) is 49.8 Å². The van der Waals surface area contributed by atoms with Crippen molar-refractivity contribution in [2.24, 2.45) is 11.3 Å². The molecule has 0 spiro atoms. The monoisotopic (exact) mass is 319 g/mol. The van der Waals surface area contributed by atoms with Crippen molar-refractivity contribution < 1.29 is 19.1 Å². The van der Waals surface area contributed by atoms with Crippen LogP contribution in [0, 0.1) is 17.2 Å². The number of carbonyl (C=O) groups is 2. The molecule has 2 aliphatic rings. The minimum Gasteiger partial charge on any atom is -0.481 e. The number of benzene rings is 1. The molecule has 0 bridgehead atoms. The minimum atomic E-state index is -0.768. The molecule has 4 nitrogen and oxygen atoms in total. The Morgan fingerprint density at radius 3 is 2.48 bits per heavy atom. The van der Waals surface area contributed by atoms with Crippen LogP contribution in [-0.4, -0.2) is 35.0 Å². The molecule has 1 aromatic carbocycles. The molecule has 0 atom stereocenters. The largest absolute Gasteiger partial charge is 0.481 e. The van der Waals surface area contributed by atoms with Crippen LogP contribution in [-0.2, 0) is 16.0 Å². The van der Waals surface area contributed by atoms with Gasteiger partial charge in [-0.15, -0.1) is 0 Å². The third-order valence-corrected chi connectivity index (χ3v) is 5.33. The van der Waals surface area contributed by atoms with E-state index in [1.165, 1.54) is 12.1 Å². The number of amides is 1. The second-order valence-corrected chi connectivity index (χ2v) is 6.85. The molecule has 1 aliphatic heterocycles. The normalized spacial score (nSPS) is 20.8. The summed E-state index contributed by atoms with van der Waals surface area (Å²) in [7, 11) is 0. The van der Waals surface area contributed by atoms with E-state index in [0.717, 1.165) is 24.8 Å². The van der Waals surface area contributed by atoms with E-state index in [9.17, 15) is 14.0 Å². The topological polar surface area (TPSA) is 57.6 Å². The molecule has 0 unspecified atom stereocenters. The number of aliphatic carboxylic acids is 1. The Balaban J connectivity index is 1.68. The predicted molar refractivity (Wildman–Crippen MR) is 83.3 cm³/mol. The number of likely N-dealkylation sites (tertiary alicyclic amines) is 1. The van der Waals surface area contributed by atoms with Gasteiger partial charge in [-0.1, -0.05) is 18.6 Å². The molecule has 1 saturated heterocycles. The summed E-state index contributed by atoms with van der Waals surface area (Å²) in [5, 5.41) is 9.06. The third-order valence-electron chi connectivity index (χ3n) is 5.33. The number of hydrogen-bond donors (Lipinski definition) is 1. The molecule has 124 valence electrons. The van der Waals surface area contributed by atoms with Gasteiger partial charge in [0.15, 0.2) is 0 Å². The molecule has 0 aromatic heterocycles. The maximum Gasteiger partial charge on any atom is 0.306 e. The lowest BCUT2D eigenvalue weighted by atomic mass is 9.64. The standard InChI is InChI=1S/C18H22FNO3/c19-15-4-1-3-13(11-15)12-18(7-2-8-18)17(23)20-9-5-14(6-10-20)16(21)22/h1,3-4,11,14H,2,5-10,12H2,(H,21,22). The smallest absolute Gasteiger partial charge is 0.306 e. The second kappa shape index (κ2) is 6.30. The molecular formula is C18H22FNO3. The lowest BCUT2D eigenvalue weighted by molar-refractivity contribution is -0.152. The van der Waals surface area contributed by atoms with E-state index in [4.69, 9.17) is 5.11 Å². The van der Waals surface area contributed by atoms with Gasteiger partial charge in [0.05, 0.1) is 11.3 Å². The average Bonchev–Trinajstić information content (AvgIpc) is 2.50. The molecule has 1 aliphatic carbocycles. The molecule has 1 heterocycles. The molecule has 1 saturated carbocycles. The summed E-state index contributed by atoms with van der Waals surface area (Å²) in [5.74, 6) is -1.25. The highest BCUT2D eigenvalue weighted by atomic mass is 19.1. The Labute approximate surface area is 135 Å². The quantitative estimate of drug-likeness (QED) is 0.928. The molecule has 23 heavy (non-hydrogen) atoms. The highest BCUT2D eigenvalue weighted by Crippen LogP contribution is 2.45. The van der Waals surface area contributed by atoms with Crippen LogP contribution >= 0.6 is 0 Å². The Hall–Kier alpha value is -1.91. The molecule has 2 fully saturated rings. The van der Waals surface area contributed by atoms with Gasteiger partial charge in [-0.25, -0.2) is 4.39 Å². The Morgan fingerprint density at radius 1 is 1.26 bits per heavy atom. The van der Waals surface area contributed by atoms with E-state index in [2.05, 4.69) is 0 Å². The van der Waals surface area contributed by atoms with Crippen LogP contribution in [0.4, 0.5) is 4.39 Å². The molecule has 0 radical (unpaired) electrons. The van der Waals surface area contributed by atoms with E-state index in [-0.39, 0.29) is 17.6 Å². The second-order valence-electron chi connectivity index (χ2n) is 6.85. The van der Waals surface area contributed by atoms with Crippen LogP contribution in [0.15, 0.2) is 24.3 Å². The predicted octanol–water partition coefficient (Wildman–Crippen LogP) is 2.86. The van der Waals surface area contributed by atoms with Gasteiger partial charge < -0.3 is 10.0 Å². The molecule has 1 N–H and O–H groups in total. The van der Waals surface area contributed by atoms with Gasteiger partial charge in [0, 0.05) is 13.1 Å². The Kier molecular flexibility index (Phi) is 4.37. The summed E-state index contributed by atoms with van der Waals surface area (Å²) in [5.41, 5.74) is 0.447. The van der Waals surface area contributed by atoms with E-state index < -0.39 is 11.4 Å². The Morgan fingerprint density at radius 2 is 1.96 bits per heavy atom. The van der Waals surface area contributed by atoms with Crippen LogP contribution in [0.5, 0.6) is 0 Å². The lowest BCUT2D eigenvalue weighted by Gasteiger charge is -2.45. The fourth-order valence-electron chi connectivity index (χ4n) is 3.77. The van der Waals surface area contributed by atoms with Crippen molar-refractivity contribution in [2.75, 3.05) is 13.1 Å². The zero-order valence-corrected chi connectivity index (χ0v) is 13.1. The van der Waals surface area contributed by atoms with Crippen molar-refractivity contribution in [3.8, 4) is 0 Å². The first kappa shape index (κ1) is 16.0. The van der Waals surface area contributed by atoms with Gasteiger partial charge in [0.1, 0.15) is 5.82 Å². The summed E-state index contributed by atoms with van der Waals surface area (Å²) >= 11 is 0. The Bertz CT molecular complexity index is 604. The van der Waals surface area contributed by atoms with Crippen molar-refractivity contribution in [1.82, 2.24) is 4.90 Å². The fourth-order valence-corrected chi connectivity index (χ4v) is 3.77. The van der Waals surface area contributed by atoms with Crippen LogP contribution in [0.25, 0.3) is 0 Å². The zero-order valence-electron chi connectivity index (χ0n) is 13.1. The summed E-state index contributed by atoms with van der Waals surface area (Å²) in [6, 6.07) is 6.46. The first-order valence-electron chi connectivity index (χ1n) is 8.27. The summed E-state index contributed by atoms with van der Waals surface area (Å²) in [6.45, 7) is 1.03. The van der Waals surface area contributed by atoms with Gasteiger partial charge in [-0.2, -0.15) is 0 Å². The van der Waals surface area contributed by atoms with Crippen molar-refractivity contribution in [3.63, 3.8) is 0 Å². The van der Waals surface area contributed by atoms with Crippen molar-refractivity contribution in [3.05, 3.63) is 35.6 Å². The number of rotatable bonds is 4.